The summed E-state index contributed by atoms with van der Waals surface area (Å²) < 4.78 is 7.65. The van der Waals surface area contributed by atoms with Gasteiger partial charge in [-0.15, -0.1) is 0 Å². The lowest BCUT2D eigenvalue weighted by atomic mass is 10.2. The predicted molar refractivity (Wildman–Crippen MR) is 76.5 cm³/mol. The summed E-state index contributed by atoms with van der Waals surface area (Å²) >= 11 is 0. The number of fused-ring (bicyclic) bond motifs is 1. The maximum atomic E-state index is 5.59. The number of imidazole rings is 1. The van der Waals surface area contributed by atoms with E-state index in [1.165, 1.54) is 0 Å². The molecule has 0 amide bonds. The maximum Gasteiger partial charge on any atom is 0.316 e. The Morgan fingerprint density at radius 1 is 1.15 bits per heavy atom. The molecule has 102 valence electrons. The number of hydrogen-bond acceptors (Lipinski definition) is 4. The molecule has 0 aliphatic rings. The largest absolute Gasteiger partial charge is 0.463 e. The minimum atomic E-state index is 0.450. The Kier molecular flexibility index (Phi) is 3.87. The molecular weight excluding hydrogens is 252 g/mol. The molecule has 0 saturated heterocycles. The van der Waals surface area contributed by atoms with Crippen LogP contribution in [0.25, 0.3) is 10.9 Å². The van der Waals surface area contributed by atoms with Crippen molar-refractivity contribution in [2.75, 3.05) is 6.61 Å². The first-order chi connectivity index (χ1) is 9.92. The molecule has 3 aromatic rings. The van der Waals surface area contributed by atoms with Crippen molar-refractivity contribution < 1.29 is 4.74 Å². The number of aryl methyl sites for hydroxylation is 1. The third-order valence-corrected chi connectivity index (χ3v) is 3.07. The molecule has 0 radical (unpaired) electrons. The number of ether oxygens (including phenoxy) is 1. The van der Waals surface area contributed by atoms with Gasteiger partial charge in [0.15, 0.2) is 0 Å². The average Bonchev–Trinajstić information content (AvgIpc) is 3.00. The van der Waals surface area contributed by atoms with Crippen LogP contribution in [0.4, 0.5) is 0 Å². The van der Waals surface area contributed by atoms with Crippen LogP contribution in [0.1, 0.15) is 12.8 Å². The summed E-state index contributed by atoms with van der Waals surface area (Å²) in [6, 6.07) is 8.34. The van der Waals surface area contributed by atoms with Crippen LogP contribution in [0.15, 0.2) is 49.2 Å². The molecule has 0 saturated carbocycles. The van der Waals surface area contributed by atoms with Crippen LogP contribution >= 0.6 is 0 Å². The van der Waals surface area contributed by atoms with Crippen molar-refractivity contribution in [1.29, 1.82) is 0 Å². The Hall–Kier alpha value is -2.43. The van der Waals surface area contributed by atoms with E-state index >= 15 is 0 Å². The fraction of sp³-hybridized carbons (Fsp3) is 0.267. The lowest BCUT2D eigenvalue weighted by Crippen LogP contribution is -2.03. The summed E-state index contributed by atoms with van der Waals surface area (Å²) in [6.07, 6.45) is 9.39. The maximum absolute atomic E-state index is 5.59. The molecule has 0 aliphatic carbocycles. The lowest BCUT2D eigenvalue weighted by molar-refractivity contribution is 0.281. The zero-order valence-corrected chi connectivity index (χ0v) is 11.1. The van der Waals surface area contributed by atoms with Gasteiger partial charge >= 0.3 is 6.01 Å². The van der Waals surface area contributed by atoms with Crippen LogP contribution in [0.5, 0.6) is 6.01 Å². The number of hydrogen-bond donors (Lipinski definition) is 0. The van der Waals surface area contributed by atoms with Crippen molar-refractivity contribution in [3.63, 3.8) is 0 Å². The van der Waals surface area contributed by atoms with Crippen molar-refractivity contribution in [3.8, 4) is 6.01 Å². The van der Waals surface area contributed by atoms with E-state index in [2.05, 4.69) is 19.5 Å². The van der Waals surface area contributed by atoms with Gasteiger partial charge in [-0.1, -0.05) is 18.2 Å². The molecule has 0 unspecified atom stereocenters. The number of nitrogens with zero attached hydrogens (tertiary/aromatic N) is 4. The highest BCUT2D eigenvalue weighted by Crippen LogP contribution is 2.13. The molecular formula is C15H16N4O. The third-order valence-electron chi connectivity index (χ3n) is 3.07. The van der Waals surface area contributed by atoms with Gasteiger partial charge in [-0.25, -0.2) is 9.97 Å². The fourth-order valence-corrected chi connectivity index (χ4v) is 2.00. The second-order valence-electron chi connectivity index (χ2n) is 4.57. The van der Waals surface area contributed by atoms with Crippen molar-refractivity contribution in [1.82, 2.24) is 19.5 Å². The fourth-order valence-electron chi connectivity index (χ4n) is 2.00. The van der Waals surface area contributed by atoms with E-state index in [1.54, 1.807) is 12.4 Å². The first kappa shape index (κ1) is 12.6. The number of benzene rings is 1. The molecule has 0 aliphatic heterocycles. The zero-order valence-electron chi connectivity index (χ0n) is 11.1. The summed E-state index contributed by atoms with van der Waals surface area (Å²) in [7, 11) is 0. The molecule has 0 atom stereocenters. The number of aromatic nitrogens is 4. The van der Waals surface area contributed by atoms with E-state index in [1.807, 2.05) is 36.8 Å². The normalized spacial score (nSPS) is 10.8. The van der Waals surface area contributed by atoms with E-state index in [0.717, 1.165) is 30.3 Å². The molecule has 1 aromatic carbocycles. The van der Waals surface area contributed by atoms with Crippen LogP contribution < -0.4 is 4.74 Å². The minimum Gasteiger partial charge on any atom is -0.463 e. The topological polar surface area (TPSA) is 52.8 Å². The highest BCUT2D eigenvalue weighted by molar-refractivity contribution is 5.77. The Morgan fingerprint density at radius 2 is 2.10 bits per heavy atom. The summed E-state index contributed by atoms with van der Waals surface area (Å²) in [4.78, 5) is 12.6. The third kappa shape index (κ3) is 3.12. The average molecular weight is 268 g/mol. The van der Waals surface area contributed by atoms with Crippen molar-refractivity contribution in [3.05, 3.63) is 49.2 Å². The summed E-state index contributed by atoms with van der Waals surface area (Å²) in [5, 5.41) is 1.03. The summed E-state index contributed by atoms with van der Waals surface area (Å²) in [5.74, 6) is 0. The predicted octanol–water partition coefficient (Wildman–Crippen LogP) is 2.69. The molecule has 0 fully saturated rings. The Labute approximate surface area is 117 Å². The van der Waals surface area contributed by atoms with Crippen molar-refractivity contribution >= 4 is 10.9 Å². The van der Waals surface area contributed by atoms with Crippen molar-refractivity contribution in [2.45, 2.75) is 19.4 Å². The van der Waals surface area contributed by atoms with Gasteiger partial charge in [0.05, 0.1) is 18.5 Å². The molecule has 5 nitrogen and oxygen atoms in total. The number of unbranched alkanes of at least 4 members (excludes halogenated alkanes) is 1. The second kappa shape index (κ2) is 6.14. The van der Waals surface area contributed by atoms with E-state index in [-0.39, 0.29) is 0 Å². The first-order valence-corrected chi connectivity index (χ1v) is 6.72. The standard InChI is InChI=1S/C15H16N4O/c1-2-6-14-13(5-1)11-17-15(18-14)20-10-4-3-8-19-9-7-16-12-19/h1-2,5-7,9,11-12H,3-4,8,10H2. The number of rotatable bonds is 6. The van der Waals surface area contributed by atoms with Crippen LogP contribution in [0, 0.1) is 0 Å². The highest BCUT2D eigenvalue weighted by atomic mass is 16.5. The van der Waals surface area contributed by atoms with Gasteiger partial charge in [0.2, 0.25) is 0 Å². The Bertz CT molecular complexity index is 666. The smallest absolute Gasteiger partial charge is 0.316 e. The molecule has 0 spiro atoms. The highest BCUT2D eigenvalue weighted by Gasteiger charge is 2.00. The van der Waals surface area contributed by atoms with Crippen LogP contribution in [0.2, 0.25) is 0 Å². The van der Waals surface area contributed by atoms with Crippen LogP contribution in [-0.2, 0) is 6.54 Å². The molecule has 20 heavy (non-hydrogen) atoms. The Morgan fingerprint density at radius 3 is 3.00 bits per heavy atom. The van der Waals surface area contributed by atoms with Gasteiger partial charge in [0.25, 0.3) is 0 Å². The van der Waals surface area contributed by atoms with E-state index < -0.39 is 0 Å². The molecule has 2 heterocycles. The Balaban J connectivity index is 1.47. The lowest BCUT2D eigenvalue weighted by Gasteiger charge is -2.05. The van der Waals surface area contributed by atoms with Crippen LogP contribution in [-0.4, -0.2) is 26.1 Å². The number of para-hydroxylation sites is 1. The molecule has 2 aromatic heterocycles. The van der Waals surface area contributed by atoms with Gasteiger partial charge in [0, 0.05) is 30.5 Å². The van der Waals surface area contributed by atoms with Gasteiger partial charge in [-0.3, -0.25) is 0 Å². The van der Waals surface area contributed by atoms with Crippen molar-refractivity contribution in [2.24, 2.45) is 0 Å². The van der Waals surface area contributed by atoms with Gasteiger partial charge in [-0.2, -0.15) is 4.98 Å². The van der Waals surface area contributed by atoms with Gasteiger partial charge < -0.3 is 9.30 Å². The van der Waals surface area contributed by atoms with E-state index in [0.29, 0.717) is 12.6 Å². The SMILES string of the molecule is c1ccc2nc(OCCCCn3ccnc3)ncc2c1. The minimum absolute atomic E-state index is 0.450. The molecule has 5 heteroatoms. The van der Waals surface area contributed by atoms with E-state index in [4.69, 9.17) is 4.74 Å². The molecule has 0 N–H and O–H groups in total. The zero-order chi connectivity index (χ0) is 13.6. The first-order valence-electron chi connectivity index (χ1n) is 6.72. The van der Waals surface area contributed by atoms with E-state index in [9.17, 15) is 0 Å². The van der Waals surface area contributed by atoms with Gasteiger partial charge in [0.1, 0.15) is 0 Å². The quantitative estimate of drug-likeness (QED) is 0.645. The monoisotopic (exact) mass is 268 g/mol. The van der Waals surface area contributed by atoms with Gasteiger partial charge in [-0.05, 0) is 18.9 Å². The molecule has 0 bridgehead atoms. The summed E-state index contributed by atoms with van der Waals surface area (Å²) in [6.45, 7) is 1.59. The molecule has 3 rings (SSSR count). The second-order valence-corrected chi connectivity index (χ2v) is 4.57. The summed E-state index contributed by atoms with van der Waals surface area (Å²) in [5.41, 5.74) is 0.913. The van der Waals surface area contributed by atoms with Crippen LogP contribution in [0.3, 0.4) is 0 Å².